The summed E-state index contributed by atoms with van der Waals surface area (Å²) in [5, 5.41) is 0. The van der Waals surface area contributed by atoms with Crippen molar-refractivity contribution >= 4 is 26.0 Å². The van der Waals surface area contributed by atoms with Crippen LogP contribution in [0.1, 0.15) is 18.4 Å². The van der Waals surface area contributed by atoms with Gasteiger partial charge in [0.1, 0.15) is 0 Å². The number of nitrogens with one attached hydrogen (secondary N) is 1. The monoisotopic (exact) mass is 374 g/mol. The smallest absolute Gasteiger partial charge is 0.330 e. The van der Waals surface area contributed by atoms with E-state index in [1.807, 2.05) is 0 Å². The van der Waals surface area contributed by atoms with Crippen LogP contribution in [0, 0.1) is 0 Å². The average Bonchev–Trinajstić information content (AvgIpc) is 2.33. The molecular weight excluding hydrogens is 361 g/mol. The van der Waals surface area contributed by atoms with E-state index < -0.39 is 26.7 Å². The molecule has 0 aromatic heterocycles. The van der Waals surface area contributed by atoms with Crippen molar-refractivity contribution in [2.24, 2.45) is 5.73 Å². The van der Waals surface area contributed by atoms with Crippen molar-refractivity contribution in [1.82, 2.24) is 4.72 Å². The van der Waals surface area contributed by atoms with Crippen LogP contribution >= 0.6 is 15.9 Å². The van der Waals surface area contributed by atoms with Crippen LogP contribution in [0.25, 0.3) is 0 Å². The standard InChI is InChI=1S/C11H14BrF3N2O2S/c12-8-3-4-10(9(7-8)11(13,14)15)20(18,19)17-6-2-1-5-16/h3-4,7,17H,1-2,5-6,16H2. The molecule has 0 aliphatic rings. The zero-order valence-electron chi connectivity index (χ0n) is 10.4. The Morgan fingerprint density at radius 3 is 2.45 bits per heavy atom. The molecule has 114 valence electrons. The minimum Gasteiger partial charge on any atom is -0.330 e. The second-order valence-electron chi connectivity index (χ2n) is 4.03. The largest absolute Gasteiger partial charge is 0.417 e. The van der Waals surface area contributed by atoms with Crippen molar-refractivity contribution in [3.8, 4) is 0 Å². The number of nitrogens with two attached hydrogens (primary N) is 1. The highest BCUT2D eigenvalue weighted by molar-refractivity contribution is 9.10. The molecule has 0 saturated heterocycles. The molecule has 3 N–H and O–H groups in total. The number of benzene rings is 1. The summed E-state index contributed by atoms with van der Waals surface area (Å²) >= 11 is 2.90. The topological polar surface area (TPSA) is 72.2 Å². The minimum absolute atomic E-state index is 0.0485. The third-order valence-electron chi connectivity index (χ3n) is 2.46. The SMILES string of the molecule is NCCCCNS(=O)(=O)c1ccc(Br)cc1C(F)(F)F. The number of sulfonamides is 1. The maximum Gasteiger partial charge on any atom is 0.417 e. The lowest BCUT2D eigenvalue weighted by atomic mass is 10.2. The van der Waals surface area contributed by atoms with Gasteiger partial charge in [-0.25, -0.2) is 13.1 Å². The van der Waals surface area contributed by atoms with E-state index in [-0.39, 0.29) is 11.0 Å². The molecule has 0 aliphatic heterocycles. The summed E-state index contributed by atoms with van der Waals surface area (Å²) in [5.41, 5.74) is 4.06. The Hall–Kier alpha value is -0.640. The lowest BCUT2D eigenvalue weighted by Gasteiger charge is -2.14. The molecule has 0 radical (unpaired) electrons. The first-order chi connectivity index (χ1) is 9.18. The summed E-state index contributed by atoms with van der Waals surface area (Å²) < 4.78 is 64.8. The fraction of sp³-hybridized carbons (Fsp3) is 0.455. The molecule has 0 atom stereocenters. The summed E-state index contributed by atoms with van der Waals surface area (Å²) in [6.07, 6.45) is -3.69. The highest BCUT2D eigenvalue weighted by atomic mass is 79.9. The molecule has 4 nitrogen and oxygen atoms in total. The lowest BCUT2D eigenvalue weighted by Crippen LogP contribution is -2.27. The van der Waals surface area contributed by atoms with E-state index in [0.29, 0.717) is 19.4 Å². The maximum absolute atomic E-state index is 12.9. The van der Waals surface area contributed by atoms with Crippen LogP contribution in [0.5, 0.6) is 0 Å². The van der Waals surface area contributed by atoms with Crippen LogP contribution < -0.4 is 10.5 Å². The number of alkyl halides is 3. The normalized spacial score (nSPS) is 12.7. The molecule has 0 spiro atoms. The molecule has 1 aromatic rings. The predicted molar refractivity (Wildman–Crippen MR) is 72.6 cm³/mol. The van der Waals surface area contributed by atoms with Gasteiger partial charge in [-0.1, -0.05) is 15.9 Å². The predicted octanol–water partition coefficient (Wildman–Crippen LogP) is 2.49. The van der Waals surface area contributed by atoms with Crippen molar-refractivity contribution in [2.45, 2.75) is 23.9 Å². The molecule has 0 amide bonds. The van der Waals surface area contributed by atoms with Gasteiger partial charge in [0.25, 0.3) is 0 Å². The third kappa shape index (κ3) is 4.72. The first-order valence-corrected chi connectivity index (χ1v) is 8.02. The quantitative estimate of drug-likeness (QED) is 0.751. The van der Waals surface area contributed by atoms with E-state index in [4.69, 9.17) is 5.73 Å². The van der Waals surface area contributed by atoms with Gasteiger partial charge < -0.3 is 5.73 Å². The van der Waals surface area contributed by atoms with Crippen molar-refractivity contribution < 1.29 is 21.6 Å². The Morgan fingerprint density at radius 2 is 1.90 bits per heavy atom. The molecule has 0 bridgehead atoms. The van der Waals surface area contributed by atoms with Crippen LogP contribution in [0.2, 0.25) is 0 Å². The van der Waals surface area contributed by atoms with Crippen LogP contribution in [0.3, 0.4) is 0 Å². The average molecular weight is 375 g/mol. The Kier molecular flexibility index (Phi) is 5.99. The van der Waals surface area contributed by atoms with Gasteiger partial charge in [0, 0.05) is 11.0 Å². The molecule has 0 heterocycles. The molecule has 1 aromatic carbocycles. The van der Waals surface area contributed by atoms with Gasteiger partial charge in [0.15, 0.2) is 0 Å². The van der Waals surface area contributed by atoms with E-state index in [1.165, 1.54) is 6.07 Å². The molecule has 9 heteroatoms. The van der Waals surface area contributed by atoms with Crippen molar-refractivity contribution in [3.05, 3.63) is 28.2 Å². The maximum atomic E-state index is 12.9. The Bertz CT molecular complexity index is 561. The van der Waals surface area contributed by atoms with Crippen LogP contribution in [-0.4, -0.2) is 21.5 Å². The summed E-state index contributed by atoms with van der Waals surface area (Å²) in [6.45, 7) is 0.445. The first kappa shape index (κ1) is 17.4. The van der Waals surface area contributed by atoms with Crippen molar-refractivity contribution in [2.75, 3.05) is 13.1 Å². The van der Waals surface area contributed by atoms with Crippen molar-refractivity contribution in [3.63, 3.8) is 0 Å². The Balaban J connectivity index is 3.06. The summed E-state index contributed by atoms with van der Waals surface area (Å²) in [6, 6.07) is 2.93. The van der Waals surface area contributed by atoms with Gasteiger partial charge in [-0.15, -0.1) is 0 Å². The number of hydrogen-bond acceptors (Lipinski definition) is 3. The number of unbranched alkanes of at least 4 members (excludes halogenated alkanes) is 1. The van der Waals surface area contributed by atoms with Gasteiger partial charge in [-0.3, -0.25) is 0 Å². The summed E-state index contributed by atoms with van der Waals surface area (Å²) in [7, 11) is -4.20. The lowest BCUT2D eigenvalue weighted by molar-refractivity contribution is -0.139. The second kappa shape index (κ2) is 6.88. The van der Waals surface area contributed by atoms with Crippen LogP contribution in [0.4, 0.5) is 13.2 Å². The Labute approximate surface area is 123 Å². The second-order valence-corrected chi connectivity index (χ2v) is 6.68. The first-order valence-electron chi connectivity index (χ1n) is 5.75. The van der Waals surface area contributed by atoms with Gasteiger partial charge in [0.05, 0.1) is 10.5 Å². The van der Waals surface area contributed by atoms with Crippen LogP contribution in [-0.2, 0) is 16.2 Å². The summed E-state index contributed by atoms with van der Waals surface area (Å²) in [4.78, 5) is -0.777. The van der Waals surface area contributed by atoms with E-state index >= 15 is 0 Å². The highest BCUT2D eigenvalue weighted by Crippen LogP contribution is 2.35. The zero-order chi connectivity index (χ0) is 15.4. The van der Waals surface area contributed by atoms with E-state index in [9.17, 15) is 21.6 Å². The van der Waals surface area contributed by atoms with E-state index in [0.717, 1.165) is 12.1 Å². The van der Waals surface area contributed by atoms with Gasteiger partial charge >= 0.3 is 6.18 Å². The van der Waals surface area contributed by atoms with E-state index in [1.54, 1.807) is 0 Å². The molecule has 0 fully saturated rings. The molecule has 0 aliphatic carbocycles. The molecular formula is C11H14BrF3N2O2S. The number of rotatable bonds is 6. The Morgan fingerprint density at radius 1 is 1.25 bits per heavy atom. The fourth-order valence-electron chi connectivity index (χ4n) is 1.51. The van der Waals surface area contributed by atoms with Crippen molar-refractivity contribution in [1.29, 1.82) is 0 Å². The third-order valence-corrected chi connectivity index (χ3v) is 4.47. The van der Waals surface area contributed by atoms with Gasteiger partial charge in [0.2, 0.25) is 10.0 Å². The number of hydrogen-bond donors (Lipinski definition) is 2. The fourth-order valence-corrected chi connectivity index (χ4v) is 3.15. The van der Waals surface area contributed by atoms with Gasteiger partial charge in [-0.05, 0) is 37.6 Å². The molecule has 20 heavy (non-hydrogen) atoms. The van der Waals surface area contributed by atoms with E-state index in [2.05, 4.69) is 20.7 Å². The highest BCUT2D eigenvalue weighted by Gasteiger charge is 2.37. The minimum atomic E-state index is -4.74. The zero-order valence-corrected chi connectivity index (χ0v) is 12.8. The van der Waals surface area contributed by atoms with Crippen LogP contribution in [0.15, 0.2) is 27.6 Å². The van der Waals surface area contributed by atoms with Gasteiger partial charge in [-0.2, -0.15) is 13.2 Å². The number of halogens is 4. The molecule has 1 rings (SSSR count). The molecule has 0 saturated carbocycles. The summed E-state index contributed by atoms with van der Waals surface area (Å²) in [5.74, 6) is 0. The molecule has 0 unspecified atom stereocenters.